The first-order valence-corrected chi connectivity index (χ1v) is 9.91. The van der Waals surface area contributed by atoms with Gasteiger partial charge in [-0.2, -0.15) is 0 Å². The van der Waals surface area contributed by atoms with Crippen LogP contribution in [0.15, 0.2) is 30.6 Å². The zero-order valence-corrected chi connectivity index (χ0v) is 16.8. The molecule has 0 spiro atoms. The smallest absolute Gasteiger partial charge is 0.227 e. The van der Waals surface area contributed by atoms with Crippen LogP contribution in [-0.4, -0.2) is 49.1 Å². The fourth-order valence-electron chi connectivity index (χ4n) is 4.26. The van der Waals surface area contributed by atoms with E-state index in [1.165, 1.54) is 5.56 Å². The second-order valence-corrected chi connectivity index (χ2v) is 8.11. The number of H-pyrrole nitrogens is 1. The van der Waals surface area contributed by atoms with Crippen LogP contribution in [-0.2, 0) is 17.8 Å². The number of piperidine rings is 1. The number of hydrogen-bond acceptors (Lipinski definition) is 3. The van der Waals surface area contributed by atoms with E-state index in [9.17, 15) is 9.90 Å². The Morgan fingerprint density at radius 2 is 2.00 bits per heavy atom. The average molecular weight is 380 g/mol. The number of carbonyl (C=O) groups excluding carboxylic acids is 1. The highest BCUT2D eigenvalue weighted by molar-refractivity contribution is 5.91. The normalized spacial score (nSPS) is 16.6. The number of aliphatic hydroxyl groups is 1. The van der Waals surface area contributed by atoms with Crippen molar-refractivity contribution in [2.24, 2.45) is 0 Å². The molecule has 0 unspecified atom stereocenters. The van der Waals surface area contributed by atoms with Crippen LogP contribution in [0.3, 0.4) is 0 Å². The van der Waals surface area contributed by atoms with E-state index in [0.717, 1.165) is 28.0 Å². The van der Waals surface area contributed by atoms with E-state index >= 15 is 0 Å². The van der Waals surface area contributed by atoms with E-state index in [0.29, 0.717) is 38.9 Å². The Balaban J connectivity index is 1.43. The van der Waals surface area contributed by atoms with Crippen molar-refractivity contribution in [3.63, 3.8) is 0 Å². The first kappa shape index (κ1) is 18.7. The molecule has 6 nitrogen and oxygen atoms in total. The Morgan fingerprint density at radius 3 is 2.68 bits per heavy atom. The maximum absolute atomic E-state index is 12.9. The molecule has 148 valence electrons. The Morgan fingerprint density at radius 1 is 1.25 bits per heavy atom. The van der Waals surface area contributed by atoms with Gasteiger partial charge in [0, 0.05) is 42.1 Å². The lowest BCUT2D eigenvalue weighted by Crippen LogP contribution is -2.49. The van der Waals surface area contributed by atoms with E-state index < -0.39 is 5.60 Å². The summed E-state index contributed by atoms with van der Waals surface area (Å²) < 4.78 is 1.98. The molecule has 1 aliphatic heterocycles. The molecular weight excluding hydrogens is 352 g/mol. The van der Waals surface area contributed by atoms with Crippen molar-refractivity contribution in [2.45, 2.75) is 52.2 Å². The molecular formula is C22H28N4O2. The molecule has 1 amide bonds. The molecule has 0 aliphatic carbocycles. The van der Waals surface area contributed by atoms with Gasteiger partial charge >= 0.3 is 0 Å². The molecule has 28 heavy (non-hydrogen) atoms. The number of para-hydroxylation sites is 1. The summed E-state index contributed by atoms with van der Waals surface area (Å²) in [7, 11) is 0. The molecule has 1 saturated heterocycles. The van der Waals surface area contributed by atoms with Crippen LogP contribution in [0.5, 0.6) is 0 Å². The lowest BCUT2D eigenvalue weighted by atomic mass is 9.90. The van der Waals surface area contributed by atoms with Gasteiger partial charge in [0.05, 0.1) is 18.6 Å². The van der Waals surface area contributed by atoms with Gasteiger partial charge in [-0.1, -0.05) is 18.2 Å². The summed E-state index contributed by atoms with van der Waals surface area (Å²) in [5, 5.41) is 12.1. The second-order valence-electron chi connectivity index (χ2n) is 8.11. The largest absolute Gasteiger partial charge is 0.388 e. The standard InChI is InChI=1S/C22H28N4O2/c1-15-5-4-6-18-19(16(2)24-21(15)18)13-20(27)25-10-7-22(28,8-11-25)14-26-12-9-23-17(26)3/h4-6,9,12,24,28H,7-8,10-11,13-14H2,1-3H3. The molecule has 3 heterocycles. The van der Waals surface area contributed by atoms with Crippen LogP contribution in [0.4, 0.5) is 0 Å². The first-order chi connectivity index (χ1) is 13.4. The molecule has 0 radical (unpaired) electrons. The average Bonchev–Trinajstić information content (AvgIpc) is 3.20. The molecule has 2 N–H and O–H groups in total. The van der Waals surface area contributed by atoms with Crippen molar-refractivity contribution in [1.29, 1.82) is 0 Å². The van der Waals surface area contributed by atoms with E-state index in [-0.39, 0.29) is 5.91 Å². The molecule has 0 saturated carbocycles. The van der Waals surface area contributed by atoms with Gasteiger partial charge in [0.15, 0.2) is 0 Å². The zero-order chi connectivity index (χ0) is 19.9. The van der Waals surface area contributed by atoms with Crippen molar-refractivity contribution in [3.8, 4) is 0 Å². The van der Waals surface area contributed by atoms with Gasteiger partial charge in [0.25, 0.3) is 0 Å². The molecule has 1 fully saturated rings. The molecule has 2 aromatic heterocycles. The maximum atomic E-state index is 12.9. The summed E-state index contributed by atoms with van der Waals surface area (Å²) in [5.41, 5.74) is 3.67. The Labute approximate surface area is 165 Å². The molecule has 1 aliphatic rings. The van der Waals surface area contributed by atoms with Crippen LogP contribution in [0.25, 0.3) is 10.9 Å². The van der Waals surface area contributed by atoms with E-state index in [1.807, 2.05) is 35.6 Å². The van der Waals surface area contributed by atoms with Crippen molar-refractivity contribution in [2.75, 3.05) is 13.1 Å². The molecule has 3 aromatic rings. The van der Waals surface area contributed by atoms with Gasteiger partial charge in [0.2, 0.25) is 5.91 Å². The number of nitrogens with one attached hydrogen (secondary N) is 1. The number of amides is 1. The van der Waals surface area contributed by atoms with Crippen LogP contribution in [0.2, 0.25) is 0 Å². The van der Waals surface area contributed by atoms with Crippen LogP contribution in [0, 0.1) is 20.8 Å². The minimum atomic E-state index is -0.782. The van der Waals surface area contributed by atoms with Gasteiger partial charge < -0.3 is 19.6 Å². The highest BCUT2D eigenvalue weighted by Crippen LogP contribution is 2.28. The number of aryl methyl sites for hydroxylation is 3. The van der Waals surface area contributed by atoms with Gasteiger partial charge in [-0.15, -0.1) is 0 Å². The lowest BCUT2D eigenvalue weighted by Gasteiger charge is -2.38. The highest BCUT2D eigenvalue weighted by atomic mass is 16.3. The molecule has 0 bridgehead atoms. The fraction of sp³-hybridized carbons (Fsp3) is 0.455. The van der Waals surface area contributed by atoms with Crippen LogP contribution < -0.4 is 0 Å². The van der Waals surface area contributed by atoms with Gasteiger partial charge in [0.1, 0.15) is 5.82 Å². The number of imidazole rings is 1. The van der Waals surface area contributed by atoms with Gasteiger partial charge in [-0.25, -0.2) is 4.98 Å². The minimum Gasteiger partial charge on any atom is -0.388 e. The van der Waals surface area contributed by atoms with E-state index in [2.05, 4.69) is 29.0 Å². The number of benzene rings is 1. The third-order valence-electron chi connectivity index (χ3n) is 6.13. The Kier molecular flexibility index (Phi) is 4.75. The minimum absolute atomic E-state index is 0.131. The molecule has 1 aromatic carbocycles. The number of rotatable bonds is 4. The van der Waals surface area contributed by atoms with E-state index in [4.69, 9.17) is 0 Å². The maximum Gasteiger partial charge on any atom is 0.227 e. The Hall–Kier alpha value is -2.60. The number of likely N-dealkylation sites (tertiary alicyclic amines) is 1. The van der Waals surface area contributed by atoms with Crippen LogP contribution in [0.1, 0.15) is 35.5 Å². The fourth-order valence-corrected chi connectivity index (χ4v) is 4.26. The lowest BCUT2D eigenvalue weighted by molar-refractivity contribution is -0.135. The van der Waals surface area contributed by atoms with Crippen LogP contribution >= 0.6 is 0 Å². The summed E-state index contributed by atoms with van der Waals surface area (Å²) in [6, 6.07) is 6.20. The predicted octanol–water partition coefficient (Wildman–Crippen LogP) is 2.89. The summed E-state index contributed by atoms with van der Waals surface area (Å²) >= 11 is 0. The highest BCUT2D eigenvalue weighted by Gasteiger charge is 2.34. The Bertz CT molecular complexity index is 1010. The summed E-state index contributed by atoms with van der Waals surface area (Å²) in [6.45, 7) is 7.75. The third kappa shape index (κ3) is 3.44. The summed E-state index contributed by atoms with van der Waals surface area (Å²) in [6.07, 6.45) is 5.22. The number of nitrogens with zero attached hydrogens (tertiary/aromatic N) is 3. The predicted molar refractivity (Wildman–Crippen MR) is 109 cm³/mol. The number of aromatic nitrogens is 3. The third-order valence-corrected chi connectivity index (χ3v) is 6.13. The number of hydrogen-bond donors (Lipinski definition) is 2. The topological polar surface area (TPSA) is 74.2 Å². The number of fused-ring (bicyclic) bond motifs is 1. The quantitative estimate of drug-likeness (QED) is 0.731. The molecule has 0 atom stereocenters. The van der Waals surface area contributed by atoms with Gasteiger partial charge in [-0.05, 0) is 44.7 Å². The molecule has 4 rings (SSSR count). The SMILES string of the molecule is Cc1[nH]c2c(C)cccc2c1CC(=O)N1CCC(O)(Cn2ccnc2C)CC1. The number of aromatic amines is 1. The second kappa shape index (κ2) is 7.09. The van der Waals surface area contributed by atoms with E-state index in [1.54, 1.807) is 6.20 Å². The first-order valence-electron chi connectivity index (χ1n) is 9.91. The number of carbonyl (C=O) groups is 1. The van der Waals surface area contributed by atoms with Crippen molar-refractivity contribution >= 4 is 16.8 Å². The summed E-state index contributed by atoms with van der Waals surface area (Å²) in [4.78, 5) is 22.5. The molecule has 6 heteroatoms. The van der Waals surface area contributed by atoms with Crippen molar-refractivity contribution in [1.82, 2.24) is 19.4 Å². The van der Waals surface area contributed by atoms with Gasteiger partial charge in [-0.3, -0.25) is 4.79 Å². The van der Waals surface area contributed by atoms with Crippen molar-refractivity contribution in [3.05, 3.63) is 53.2 Å². The summed E-state index contributed by atoms with van der Waals surface area (Å²) in [5.74, 6) is 1.03. The zero-order valence-electron chi connectivity index (χ0n) is 16.8. The van der Waals surface area contributed by atoms with Crippen molar-refractivity contribution < 1.29 is 9.90 Å². The monoisotopic (exact) mass is 380 g/mol.